The molecule has 166 valence electrons. The summed E-state index contributed by atoms with van der Waals surface area (Å²) in [5, 5.41) is 4.37. The van der Waals surface area contributed by atoms with Crippen LogP contribution in [0.4, 0.5) is 0 Å². The molecule has 2 heterocycles. The summed E-state index contributed by atoms with van der Waals surface area (Å²) in [6.45, 7) is 3.76. The summed E-state index contributed by atoms with van der Waals surface area (Å²) in [5.74, 6) is 1.31. The molecule has 0 radical (unpaired) electrons. The van der Waals surface area contributed by atoms with E-state index in [0.717, 1.165) is 62.1 Å². The molecule has 5 rings (SSSR count). The van der Waals surface area contributed by atoms with Crippen LogP contribution in [0.3, 0.4) is 0 Å². The molecule has 1 unspecified atom stereocenters. The van der Waals surface area contributed by atoms with Crippen molar-refractivity contribution in [2.24, 2.45) is 11.3 Å². The van der Waals surface area contributed by atoms with Crippen LogP contribution in [0.2, 0.25) is 0 Å². The Morgan fingerprint density at radius 1 is 1.16 bits per heavy atom. The smallest absolute Gasteiger partial charge is 0.223 e. The van der Waals surface area contributed by atoms with Crippen LogP contribution < -0.4 is 10.1 Å². The number of rotatable bonds is 7. The van der Waals surface area contributed by atoms with Gasteiger partial charge < -0.3 is 10.1 Å². The Morgan fingerprint density at radius 3 is 2.84 bits per heavy atom. The fourth-order valence-electron chi connectivity index (χ4n) is 5.26. The fourth-order valence-corrected chi connectivity index (χ4v) is 5.26. The number of likely N-dealkylation sites (tertiary alicyclic amines) is 1. The van der Waals surface area contributed by atoms with Gasteiger partial charge in [0.2, 0.25) is 5.91 Å². The first-order valence-electron chi connectivity index (χ1n) is 11.6. The van der Waals surface area contributed by atoms with Crippen molar-refractivity contribution in [2.75, 3.05) is 26.7 Å². The molecule has 5 heteroatoms. The summed E-state index contributed by atoms with van der Waals surface area (Å²) in [5.41, 5.74) is 3.76. The highest BCUT2D eigenvalue weighted by molar-refractivity contribution is 5.82. The van der Waals surface area contributed by atoms with E-state index >= 15 is 0 Å². The number of aromatic nitrogens is 1. The fraction of sp³-hybridized carbons (Fsp3) is 0.407. The number of para-hydroxylation sites is 1. The molecule has 1 amide bonds. The Balaban J connectivity index is 1.09. The summed E-state index contributed by atoms with van der Waals surface area (Å²) in [4.78, 5) is 19.7. The number of hydrogen-bond acceptors (Lipinski definition) is 4. The number of carbonyl (C=O) groups is 1. The number of benzene rings is 2. The minimum Gasteiger partial charge on any atom is -0.496 e. The van der Waals surface area contributed by atoms with Crippen LogP contribution in [0.1, 0.15) is 30.4 Å². The number of nitrogens with zero attached hydrogens (tertiary/aromatic N) is 2. The van der Waals surface area contributed by atoms with Gasteiger partial charge in [-0.2, -0.15) is 0 Å². The topological polar surface area (TPSA) is 54.5 Å². The molecule has 1 aliphatic carbocycles. The molecule has 32 heavy (non-hydrogen) atoms. The van der Waals surface area contributed by atoms with Crippen molar-refractivity contribution in [3.8, 4) is 5.75 Å². The third kappa shape index (κ3) is 4.35. The number of hydrogen-bond donors (Lipinski definition) is 1. The first-order valence-corrected chi connectivity index (χ1v) is 11.6. The van der Waals surface area contributed by atoms with E-state index in [1.807, 2.05) is 30.5 Å². The van der Waals surface area contributed by atoms with Gasteiger partial charge in [-0.15, -0.1) is 0 Å². The number of nitrogens with one attached hydrogen (secondary N) is 1. The van der Waals surface area contributed by atoms with E-state index in [1.54, 1.807) is 7.11 Å². The first-order chi connectivity index (χ1) is 15.7. The van der Waals surface area contributed by atoms with Crippen LogP contribution >= 0.6 is 0 Å². The highest BCUT2D eigenvalue weighted by atomic mass is 16.5. The van der Waals surface area contributed by atoms with Crippen molar-refractivity contribution >= 4 is 16.8 Å². The molecule has 1 spiro atoms. The van der Waals surface area contributed by atoms with Crippen LogP contribution in [0, 0.1) is 11.3 Å². The minimum atomic E-state index is 0.189. The SMILES string of the molecule is COc1ccccc1CCNC(=O)C1CC12CCN(Cc1ccc3ncccc3c1)CC2. The second-order valence-corrected chi connectivity index (χ2v) is 9.28. The molecule has 1 saturated carbocycles. The monoisotopic (exact) mass is 429 g/mol. The third-order valence-electron chi connectivity index (χ3n) is 7.32. The van der Waals surface area contributed by atoms with Crippen molar-refractivity contribution < 1.29 is 9.53 Å². The van der Waals surface area contributed by atoms with Gasteiger partial charge in [0.1, 0.15) is 5.75 Å². The first kappa shape index (κ1) is 21.0. The molecule has 3 aromatic rings. The van der Waals surface area contributed by atoms with Crippen LogP contribution in [-0.2, 0) is 17.8 Å². The Bertz CT molecular complexity index is 1100. The van der Waals surface area contributed by atoms with Gasteiger partial charge in [-0.1, -0.05) is 30.3 Å². The van der Waals surface area contributed by atoms with Gasteiger partial charge in [0.25, 0.3) is 0 Å². The number of piperidine rings is 1. The second kappa shape index (κ2) is 8.91. The summed E-state index contributed by atoms with van der Waals surface area (Å²) < 4.78 is 5.41. The van der Waals surface area contributed by atoms with Crippen LogP contribution in [0.15, 0.2) is 60.8 Å². The maximum absolute atomic E-state index is 12.8. The molecule has 1 aromatic heterocycles. The molecule has 0 bridgehead atoms. The van der Waals surface area contributed by atoms with Crippen molar-refractivity contribution in [1.82, 2.24) is 15.2 Å². The number of pyridine rings is 1. The summed E-state index contributed by atoms with van der Waals surface area (Å²) in [7, 11) is 1.69. The molecular formula is C27H31N3O2. The van der Waals surface area contributed by atoms with E-state index in [1.165, 1.54) is 10.9 Å². The summed E-state index contributed by atoms with van der Waals surface area (Å²) in [6, 6.07) is 18.7. The van der Waals surface area contributed by atoms with E-state index < -0.39 is 0 Å². The third-order valence-corrected chi connectivity index (χ3v) is 7.32. The molecule has 2 fully saturated rings. The van der Waals surface area contributed by atoms with Crippen molar-refractivity contribution in [3.05, 3.63) is 71.9 Å². The molecule has 1 aliphatic heterocycles. The largest absolute Gasteiger partial charge is 0.496 e. The maximum Gasteiger partial charge on any atom is 0.223 e. The molecule has 5 nitrogen and oxygen atoms in total. The predicted octanol–water partition coefficient (Wildman–Crippen LogP) is 4.20. The van der Waals surface area contributed by atoms with Crippen molar-refractivity contribution in [2.45, 2.75) is 32.2 Å². The van der Waals surface area contributed by atoms with Crippen molar-refractivity contribution in [1.29, 1.82) is 0 Å². The Morgan fingerprint density at radius 2 is 2.00 bits per heavy atom. The summed E-state index contributed by atoms with van der Waals surface area (Å²) in [6.07, 6.45) is 5.92. The number of methoxy groups -OCH3 is 1. The molecule has 2 aliphatic rings. The normalized spacial score (nSPS) is 19.7. The predicted molar refractivity (Wildman–Crippen MR) is 127 cm³/mol. The van der Waals surface area contributed by atoms with Gasteiger partial charge in [-0.05, 0) is 79.6 Å². The van der Waals surface area contributed by atoms with E-state index in [0.29, 0.717) is 6.54 Å². The Hall–Kier alpha value is -2.92. The molecular weight excluding hydrogens is 398 g/mol. The zero-order chi connectivity index (χ0) is 22.0. The lowest BCUT2D eigenvalue weighted by molar-refractivity contribution is -0.123. The van der Waals surface area contributed by atoms with E-state index in [-0.39, 0.29) is 17.2 Å². The highest BCUT2D eigenvalue weighted by Crippen LogP contribution is 2.59. The molecule has 1 atom stereocenters. The average molecular weight is 430 g/mol. The lowest BCUT2D eigenvalue weighted by atomic mass is 9.90. The average Bonchev–Trinajstić information content (AvgIpc) is 3.54. The number of ether oxygens (including phenoxy) is 1. The van der Waals surface area contributed by atoms with Crippen LogP contribution in [0.25, 0.3) is 10.9 Å². The van der Waals surface area contributed by atoms with Crippen LogP contribution in [-0.4, -0.2) is 42.5 Å². The maximum atomic E-state index is 12.8. The van der Waals surface area contributed by atoms with Gasteiger partial charge in [0, 0.05) is 30.6 Å². The van der Waals surface area contributed by atoms with E-state index in [9.17, 15) is 4.79 Å². The Kier molecular flexibility index (Phi) is 5.83. The molecule has 1 saturated heterocycles. The second-order valence-electron chi connectivity index (χ2n) is 9.28. The van der Waals surface area contributed by atoms with E-state index in [2.05, 4.69) is 45.5 Å². The van der Waals surface area contributed by atoms with Gasteiger partial charge in [0.05, 0.1) is 12.6 Å². The van der Waals surface area contributed by atoms with Gasteiger partial charge >= 0.3 is 0 Å². The van der Waals surface area contributed by atoms with Gasteiger partial charge in [-0.25, -0.2) is 0 Å². The minimum absolute atomic E-state index is 0.189. The van der Waals surface area contributed by atoms with Crippen LogP contribution in [0.5, 0.6) is 5.75 Å². The van der Waals surface area contributed by atoms with Gasteiger partial charge in [0.15, 0.2) is 0 Å². The number of amides is 1. The molecule has 2 aromatic carbocycles. The zero-order valence-electron chi connectivity index (χ0n) is 18.7. The van der Waals surface area contributed by atoms with E-state index in [4.69, 9.17) is 4.74 Å². The number of fused-ring (bicyclic) bond motifs is 1. The Labute approximate surface area is 189 Å². The highest BCUT2D eigenvalue weighted by Gasteiger charge is 2.58. The zero-order valence-corrected chi connectivity index (χ0v) is 18.7. The summed E-state index contributed by atoms with van der Waals surface area (Å²) >= 11 is 0. The quantitative estimate of drug-likeness (QED) is 0.612. The van der Waals surface area contributed by atoms with Crippen molar-refractivity contribution in [3.63, 3.8) is 0 Å². The standard InChI is InChI=1S/C27H31N3O2/c1-32-25-7-3-2-5-21(25)10-14-29-26(31)23-18-27(23)11-15-30(16-12-27)19-20-8-9-24-22(17-20)6-4-13-28-24/h2-9,13,17,23H,10-12,14-16,18-19H2,1H3,(H,29,31). The molecule has 1 N–H and O–H groups in total. The lowest BCUT2D eigenvalue weighted by Crippen LogP contribution is -2.37. The lowest BCUT2D eigenvalue weighted by Gasteiger charge is -2.32. The number of carbonyl (C=O) groups excluding carboxylic acids is 1. The van der Waals surface area contributed by atoms with Gasteiger partial charge in [-0.3, -0.25) is 14.7 Å².